The van der Waals surface area contributed by atoms with Crippen molar-refractivity contribution in [1.29, 1.82) is 0 Å². The second-order valence-corrected chi connectivity index (χ2v) is 6.44. The molecular weight excluding hydrogens is 292 g/mol. The van der Waals surface area contributed by atoms with E-state index >= 15 is 0 Å². The van der Waals surface area contributed by atoms with Gasteiger partial charge in [-0.3, -0.25) is 9.48 Å². The summed E-state index contributed by atoms with van der Waals surface area (Å²) in [6.45, 7) is 7.46. The number of aromatic nitrogens is 3. The van der Waals surface area contributed by atoms with Crippen molar-refractivity contribution >= 4 is 5.91 Å². The molecular formula is C17H24N4O2. The maximum atomic E-state index is 12.5. The van der Waals surface area contributed by atoms with Crippen LogP contribution in [0.4, 0.5) is 0 Å². The lowest BCUT2D eigenvalue weighted by molar-refractivity contribution is -0.132. The third-order valence-electron chi connectivity index (χ3n) is 4.62. The molecule has 2 aromatic heterocycles. The quantitative estimate of drug-likeness (QED) is 0.869. The molecule has 23 heavy (non-hydrogen) atoms. The molecule has 0 aromatic carbocycles. The van der Waals surface area contributed by atoms with Gasteiger partial charge in [0.25, 0.3) is 0 Å². The van der Waals surface area contributed by atoms with Crippen molar-refractivity contribution in [2.24, 2.45) is 0 Å². The van der Waals surface area contributed by atoms with E-state index in [9.17, 15) is 4.79 Å². The zero-order valence-electron chi connectivity index (χ0n) is 14.1. The third-order valence-corrected chi connectivity index (χ3v) is 4.62. The zero-order chi connectivity index (χ0) is 16.4. The summed E-state index contributed by atoms with van der Waals surface area (Å²) in [7, 11) is 0. The molecule has 1 saturated heterocycles. The van der Waals surface area contributed by atoms with Gasteiger partial charge >= 0.3 is 0 Å². The highest BCUT2D eigenvalue weighted by Crippen LogP contribution is 2.22. The van der Waals surface area contributed by atoms with E-state index < -0.39 is 0 Å². The van der Waals surface area contributed by atoms with E-state index in [-0.39, 0.29) is 5.91 Å². The summed E-state index contributed by atoms with van der Waals surface area (Å²) in [5.41, 5.74) is 3.11. The van der Waals surface area contributed by atoms with Crippen molar-refractivity contribution in [2.45, 2.75) is 52.5 Å². The first-order valence-corrected chi connectivity index (χ1v) is 8.25. The average Bonchev–Trinajstić information content (AvgIpc) is 3.12. The van der Waals surface area contributed by atoms with E-state index in [1.807, 2.05) is 36.5 Å². The van der Waals surface area contributed by atoms with Gasteiger partial charge in [-0.1, -0.05) is 5.16 Å². The highest BCUT2D eigenvalue weighted by atomic mass is 16.5. The Morgan fingerprint density at radius 3 is 2.87 bits per heavy atom. The first-order valence-electron chi connectivity index (χ1n) is 8.25. The molecule has 3 heterocycles. The Labute approximate surface area is 136 Å². The maximum absolute atomic E-state index is 12.5. The minimum Gasteiger partial charge on any atom is -0.361 e. The molecule has 0 spiro atoms. The van der Waals surface area contributed by atoms with Crippen LogP contribution in [0.3, 0.4) is 0 Å². The van der Waals surface area contributed by atoms with Crippen molar-refractivity contribution in [3.63, 3.8) is 0 Å². The normalized spacial score (nSPS) is 18.4. The predicted octanol–water partition coefficient (Wildman–Crippen LogP) is 2.59. The number of hydrogen-bond acceptors (Lipinski definition) is 4. The molecule has 124 valence electrons. The number of carbonyl (C=O) groups is 1. The van der Waals surface area contributed by atoms with Crippen LogP contribution in [0.2, 0.25) is 0 Å². The smallest absolute Gasteiger partial charge is 0.222 e. The van der Waals surface area contributed by atoms with Gasteiger partial charge in [0.2, 0.25) is 5.91 Å². The topological polar surface area (TPSA) is 64.2 Å². The van der Waals surface area contributed by atoms with Crippen LogP contribution in [0, 0.1) is 20.8 Å². The van der Waals surface area contributed by atoms with E-state index in [1.165, 1.54) is 0 Å². The molecule has 0 aliphatic carbocycles. The minimum atomic E-state index is 0.207. The highest BCUT2D eigenvalue weighted by molar-refractivity contribution is 5.76. The van der Waals surface area contributed by atoms with Gasteiger partial charge in [-0.15, -0.1) is 0 Å². The molecule has 0 unspecified atom stereocenters. The van der Waals surface area contributed by atoms with Crippen molar-refractivity contribution in [1.82, 2.24) is 19.8 Å². The number of carbonyl (C=O) groups excluding carboxylic acids is 1. The zero-order valence-corrected chi connectivity index (χ0v) is 14.1. The standard InChI is InChI=1S/C17H24N4O2/c1-12-9-18-21(10-12)15-5-4-8-20(11-15)17(22)7-6-16-13(2)19-23-14(16)3/h9-10,15H,4-8,11H2,1-3H3/t15-/m0/s1. The molecule has 3 rings (SSSR count). The Kier molecular flexibility index (Phi) is 4.50. The van der Waals surface area contributed by atoms with Crippen molar-refractivity contribution in [3.8, 4) is 0 Å². The summed E-state index contributed by atoms with van der Waals surface area (Å²) in [4.78, 5) is 14.5. The van der Waals surface area contributed by atoms with Gasteiger partial charge in [-0.05, 0) is 45.6 Å². The maximum Gasteiger partial charge on any atom is 0.222 e. The fourth-order valence-corrected chi connectivity index (χ4v) is 3.28. The van der Waals surface area contributed by atoms with E-state index in [0.29, 0.717) is 18.9 Å². The molecule has 1 atom stereocenters. The molecule has 0 radical (unpaired) electrons. The number of nitrogens with zero attached hydrogens (tertiary/aromatic N) is 4. The monoisotopic (exact) mass is 316 g/mol. The van der Waals surface area contributed by atoms with Crippen LogP contribution in [0.5, 0.6) is 0 Å². The molecule has 1 aliphatic rings. The molecule has 1 fully saturated rings. The van der Waals surface area contributed by atoms with Gasteiger partial charge in [-0.25, -0.2) is 0 Å². The lowest BCUT2D eigenvalue weighted by Crippen LogP contribution is -2.41. The molecule has 1 aliphatic heterocycles. The van der Waals surface area contributed by atoms with Gasteiger partial charge in [0.15, 0.2) is 0 Å². The lowest BCUT2D eigenvalue weighted by Gasteiger charge is -2.33. The summed E-state index contributed by atoms with van der Waals surface area (Å²) >= 11 is 0. The Morgan fingerprint density at radius 2 is 2.22 bits per heavy atom. The van der Waals surface area contributed by atoms with Gasteiger partial charge in [0.1, 0.15) is 5.76 Å². The molecule has 0 bridgehead atoms. The number of rotatable bonds is 4. The second-order valence-electron chi connectivity index (χ2n) is 6.44. The SMILES string of the molecule is Cc1cnn([C@H]2CCCN(C(=O)CCc3c(C)noc3C)C2)c1. The Morgan fingerprint density at radius 1 is 1.39 bits per heavy atom. The van der Waals surface area contributed by atoms with Crippen molar-refractivity contribution in [3.05, 3.63) is 35.0 Å². The molecule has 6 heteroatoms. The minimum absolute atomic E-state index is 0.207. The number of amides is 1. The molecule has 6 nitrogen and oxygen atoms in total. The van der Waals surface area contributed by atoms with Crippen LogP contribution in [0.15, 0.2) is 16.9 Å². The van der Waals surface area contributed by atoms with Crippen LogP contribution in [-0.4, -0.2) is 38.8 Å². The first-order chi connectivity index (χ1) is 11.0. The molecule has 0 N–H and O–H groups in total. The van der Waals surface area contributed by atoms with Crippen LogP contribution in [-0.2, 0) is 11.2 Å². The number of aryl methyl sites for hydroxylation is 3. The Bertz CT molecular complexity index is 669. The largest absolute Gasteiger partial charge is 0.361 e. The Hall–Kier alpha value is -2.11. The van der Waals surface area contributed by atoms with Crippen molar-refractivity contribution in [2.75, 3.05) is 13.1 Å². The summed E-state index contributed by atoms with van der Waals surface area (Å²) in [5, 5.41) is 8.35. The number of likely N-dealkylation sites (tertiary alicyclic amines) is 1. The fraction of sp³-hybridized carbons (Fsp3) is 0.588. The number of piperidine rings is 1. The van der Waals surface area contributed by atoms with Crippen molar-refractivity contribution < 1.29 is 9.32 Å². The van der Waals surface area contributed by atoms with Crippen LogP contribution >= 0.6 is 0 Å². The van der Waals surface area contributed by atoms with Gasteiger partial charge in [0, 0.05) is 31.3 Å². The summed E-state index contributed by atoms with van der Waals surface area (Å²) < 4.78 is 7.17. The highest BCUT2D eigenvalue weighted by Gasteiger charge is 2.25. The first kappa shape index (κ1) is 15.8. The summed E-state index contributed by atoms with van der Waals surface area (Å²) in [6, 6.07) is 0.292. The fourth-order valence-electron chi connectivity index (χ4n) is 3.28. The van der Waals surface area contributed by atoms with E-state index in [4.69, 9.17) is 4.52 Å². The summed E-state index contributed by atoms with van der Waals surface area (Å²) in [6.07, 6.45) is 7.24. The molecule has 1 amide bonds. The van der Waals surface area contributed by atoms with E-state index in [2.05, 4.69) is 16.5 Å². The van der Waals surface area contributed by atoms with Gasteiger partial charge < -0.3 is 9.42 Å². The van der Waals surface area contributed by atoms with Crippen LogP contribution in [0.1, 0.15) is 47.9 Å². The van der Waals surface area contributed by atoms with Crippen LogP contribution < -0.4 is 0 Å². The van der Waals surface area contributed by atoms with Gasteiger partial charge in [-0.2, -0.15) is 5.10 Å². The van der Waals surface area contributed by atoms with Gasteiger partial charge in [0.05, 0.1) is 17.9 Å². The molecule has 0 saturated carbocycles. The lowest BCUT2D eigenvalue weighted by atomic mass is 10.0. The summed E-state index contributed by atoms with van der Waals surface area (Å²) in [5.74, 6) is 1.03. The van der Waals surface area contributed by atoms with E-state index in [0.717, 1.165) is 48.5 Å². The number of hydrogen-bond donors (Lipinski definition) is 0. The average molecular weight is 316 g/mol. The van der Waals surface area contributed by atoms with E-state index in [1.54, 1.807) is 0 Å². The molecule has 2 aromatic rings. The van der Waals surface area contributed by atoms with Crippen LogP contribution in [0.25, 0.3) is 0 Å². The Balaban J connectivity index is 1.59. The second kappa shape index (κ2) is 6.56. The predicted molar refractivity (Wildman–Crippen MR) is 86.1 cm³/mol. The third kappa shape index (κ3) is 3.46.